The van der Waals surface area contributed by atoms with Gasteiger partial charge in [0.15, 0.2) is 0 Å². The van der Waals surface area contributed by atoms with Gasteiger partial charge in [-0.25, -0.2) is 0 Å². The van der Waals surface area contributed by atoms with E-state index in [-0.39, 0.29) is 18.1 Å². The van der Waals surface area contributed by atoms with Crippen molar-refractivity contribution >= 4 is 11.6 Å². The molecule has 0 aliphatic rings. The molecule has 5 nitrogen and oxygen atoms in total. The first-order chi connectivity index (χ1) is 11.2. The van der Waals surface area contributed by atoms with E-state index in [0.717, 1.165) is 17.8 Å². The topological polar surface area (TPSA) is 70.6 Å². The number of phenols is 1. The number of benzene rings is 2. The van der Waals surface area contributed by atoms with E-state index >= 15 is 0 Å². The molecule has 2 aromatic rings. The lowest BCUT2D eigenvalue weighted by molar-refractivity contribution is -0.120. The van der Waals surface area contributed by atoms with Crippen molar-refractivity contribution < 1.29 is 14.6 Å². The first kappa shape index (κ1) is 16.8. The van der Waals surface area contributed by atoms with Gasteiger partial charge in [0.2, 0.25) is 5.91 Å². The van der Waals surface area contributed by atoms with Crippen LogP contribution in [0.15, 0.2) is 48.5 Å². The van der Waals surface area contributed by atoms with E-state index in [1.165, 1.54) is 0 Å². The van der Waals surface area contributed by atoms with E-state index in [4.69, 9.17) is 4.74 Å². The minimum absolute atomic E-state index is 0.117. The lowest BCUT2D eigenvalue weighted by Gasteiger charge is -2.09. The van der Waals surface area contributed by atoms with Gasteiger partial charge in [0, 0.05) is 31.5 Å². The molecular formula is C18H22N2O3. The first-order valence-electron chi connectivity index (χ1n) is 7.54. The summed E-state index contributed by atoms with van der Waals surface area (Å²) in [4.78, 5) is 11.9. The molecule has 0 spiro atoms. The van der Waals surface area contributed by atoms with Crippen LogP contribution in [0.2, 0.25) is 0 Å². The van der Waals surface area contributed by atoms with Gasteiger partial charge < -0.3 is 20.5 Å². The summed E-state index contributed by atoms with van der Waals surface area (Å²) in [5, 5.41) is 15.8. The molecule has 1 amide bonds. The van der Waals surface area contributed by atoms with Crippen LogP contribution in [0, 0.1) is 0 Å². The van der Waals surface area contributed by atoms with Crippen molar-refractivity contribution in [3.05, 3.63) is 59.7 Å². The molecule has 0 aliphatic carbocycles. The molecule has 0 atom stereocenters. The van der Waals surface area contributed by atoms with Crippen LogP contribution in [-0.2, 0) is 22.5 Å². The molecule has 2 aromatic carbocycles. The smallest absolute Gasteiger partial charge is 0.224 e. The maximum atomic E-state index is 11.9. The highest BCUT2D eigenvalue weighted by molar-refractivity contribution is 5.79. The molecule has 23 heavy (non-hydrogen) atoms. The van der Waals surface area contributed by atoms with Gasteiger partial charge in [0.1, 0.15) is 5.75 Å². The minimum atomic E-state index is -0.117. The van der Waals surface area contributed by atoms with Crippen molar-refractivity contribution in [1.82, 2.24) is 5.32 Å². The Morgan fingerprint density at radius 1 is 1.13 bits per heavy atom. The summed E-state index contributed by atoms with van der Waals surface area (Å²) < 4.78 is 4.98. The van der Waals surface area contributed by atoms with Gasteiger partial charge >= 0.3 is 0 Å². The Balaban J connectivity index is 1.79. The Bertz CT molecular complexity index is 626. The molecular weight excluding hydrogens is 292 g/mol. The quantitative estimate of drug-likeness (QED) is 0.654. The standard InChI is InChI=1S/C18H22N2O3/c1-23-11-10-19-16-8-6-14(7-9-16)13-20-18(22)12-15-4-2-3-5-17(15)21/h2-9,19,21H,10-13H2,1H3,(H,20,22). The second kappa shape index (κ2) is 8.80. The SMILES string of the molecule is COCCNc1ccc(CNC(=O)Cc2ccccc2O)cc1. The highest BCUT2D eigenvalue weighted by Gasteiger charge is 2.06. The van der Waals surface area contributed by atoms with Crippen LogP contribution >= 0.6 is 0 Å². The molecule has 0 bridgehead atoms. The van der Waals surface area contributed by atoms with Crippen LogP contribution in [-0.4, -0.2) is 31.3 Å². The van der Waals surface area contributed by atoms with Crippen LogP contribution in [0.5, 0.6) is 5.75 Å². The van der Waals surface area contributed by atoms with Gasteiger partial charge in [-0.1, -0.05) is 30.3 Å². The van der Waals surface area contributed by atoms with Crippen molar-refractivity contribution in [2.24, 2.45) is 0 Å². The maximum Gasteiger partial charge on any atom is 0.224 e. The van der Waals surface area contributed by atoms with Crippen LogP contribution in [0.25, 0.3) is 0 Å². The van der Waals surface area contributed by atoms with Crippen molar-refractivity contribution in [3.63, 3.8) is 0 Å². The number of ether oxygens (including phenoxy) is 1. The number of amides is 1. The average Bonchev–Trinajstić information content (AvgIpc) is 2.56. The van der Waals surface area contributed by atoms with Crippen LogP contribution in [0.4, 0.5) is 5.69 Å². The second-order valence-electron chi connectivity index (χ2n) is 5.20. The summed E-state index contributed by atoms with van der Waals surface area (Å²) in [6.45, 7) is 1.88. The number of rotatable bonds is 8. The summed E-state index contributed by atoms with van der Waals surface area (Å²) >= 11 is 0. The molecule has 2 rings (SSSR count). The molecule has 5 heteroatoms. The minimum Gasteiger partial charge on any atom is -0.508 e. The third kappa shape index (κ3) is 5.64. The zero-order valence-electron chi connectivity index (χ0n) is 13.2. The summed E-state index contributed by atoms with van der Waals surface area (Å²) in [5.41, 5.74) is 2.67. The molecule has 3 N–H and O–H groups in total. The molecule has 0 saturated carbocycles. The molecule has 0 fully saturated rings. The normalized spacial score (nSPS) is 10.3. The van der Waals surface area contributed by atoms with Crippen LogP contribution < -0.4 is 10.6 Å². The Labute approximate surface area is 136 Å². The Kier molecular flexibility index (Phi) is 6.44. The van der Waals surface area contributed by atoms with E-state index in [0.29, 0.717) is 18.7 Å². The zero-order valence-corrected chi connectivity index (χ0v) is 13.2. The third-order valence-electron chi connectivity index (χ3n) is 3.42. The molecule has 0 aliphatic heterocycles. The fourth-order valence-corrected chi connectivity index (χ4v) is 2.13. The molecule has 122 valence electrons. The van der Waals surface area contributed by atoms with Gasteiger partial charge in [-0.3, -0.25) is 4.79 Å². The van der Waals surface area contributed by atoms with Crippen molar-refractivity contribution in [2.75, 3.05) is 25.6 Å². The number of hydrogen-bond donors (Lipinski definition) is 3. The number of carbonyl (C=O) groups excluding carboxylic acids is 1. The summed E-state index contributed by atoms with van der Waals surface area (Å²) in [6.07, 6.45) is 0.170. The largest absolute Gasteiger partial charge is 0.508 e. The highest BCUT2D eigenvalue weighted by Crippen LogP contribution is 2.16. The maximum absolute atomic E-state index is 11.9. The van der Waals surface area contributed by atoms with E-state index < -0.39 is 0 Å². The number of methoxy groups -OCH3 is 1. The number of anilines is 1. The van der Waals surface area contributed by atoms with E-state index in [2.05, 4.69) is 10.6 Å². The zero-order chi connectivity index (χ0) is 16.5. The first-order valence-corrected chi connectivity index (χ1v) is 7.54. The highest BCUT2D eigenvalue weighted by atomic mass is 16.5. The molecule has 0 unspecified atom stereocenters. The van der Waals surface area contributed by atoms with Crippen LogP contribution in [0.1, 0.15) is 11.1 Å². The molecule has 0 heterocycles. The molecule has 0 aromatic heterocycles. The fraction of sp³-hybridized carbons (Fsp3) is 0.278. The van der Waals surface area contributed by atoms with Crippen molar-refractivity contribution in [3.8, 4) is 5.75 Å². The number of para-hydroxylation sites is 1. The van der Waals surface area contributed by atoms with Crippen molar-refractivity contribution in [1.29, 1.82) is 0 Å². The second-order valence-corrected chi connectivity index (χ2v) is 5.20. The Morgan fingerprint density at radius 2 is 1.87 bits per heavy atom. The predicted octanol–water partition coefficient (Wildman–Crippen LogP) is 2.31. The van der Waals surface area contributed by atoms with E-state index in [1.54, 1.807) is 31.4 Å². The molecule has 0 saturated heterocycles. The van der Waals surface area contributed by atoms with Crippen molar-refractivity contribution in [2.45, 2.75) is 13.0 Å². The Morgan fingerprint density at radius 3 is 2.57 bits per heavy atom. The average molecular weight is 314 g/mol. The van der Waals surface area contributed by atoms with Crippen LogP contribution in [0.3, 0.4) is 0 Å². The number of aromatic hydroxyl groups is 1. The summed E-state index contributed by atoms with van der Waals surface area (Å²) in [6, 6.07) is 14.7. The fourth-order valence-electron chi connectivity index (χ4n) is 2.13. The van der Waals surface area contributed by atoms with Gasteiger partial charge in [0.25, 0.3) is 0 Å². The number of phenolic OH excluding ortho intramolecular Hbond substituents is 1. The van der Waals surface area contributed by atoms with Gasteiger partial charge in [-0.05, 0) is 23.8 Å². The number of hydrogen-bond acceptors (Lipinski definition) is 4. The van der Waals surface area contributed by atoms with Gasteiger partial charge in [-0.2, -0.15) is 0 Å². The van der Waals surface area contributed by atoms with Gasteiger partial charge in [0.05, 0.1) is 13.0 Å². The van der Waals surface area contributed by atoms with E-state index in [9.17, 15) is 9.90 Å². The number of carbonyl (C=O) groups is 1. The van der Waals surface area contributed by atoms with Gasteiger partial charge in [-0.15, -0.1) is 0 Å². The summed E-state index contributed by atoms with van der Waals surface area (Å²) in [7, 11) is 1.67. The predicted molar refractivity (Wildman–Crippen MR) is 90.5 cm³/mol. The van der Waals surface area contributed by atoms with E-state index in [1.807, 2.05) is 24.3 Å². The third-order valence-corrected chi connectivity index (χ3v) is 3.42. The lowest BCUT2D eigenvalue weighted by atomic mass is 10.1. The Hall–Kier alpha value is -2.53. The number of nitrogens with one attached hydrogen (secondary N) is 2. The molecule has 0 radical (unpaired) electrons. The summed E-state index contributed by atoms with van der Waals surface area (Å²) in [5.74, 6) is 0.0305. The monoisotopic (exact) mass is 314 g/mol. The lowest BCUT2D eigenvalue weighted by Crippen LogP contribution is -2.24.